The van der Waals surface area contributed by atoms with Crippen LogP contribution in [0.25, 0.3) is 5.65 Å². The molecule has 1 aliphatic heterocycles. The first-order valence-corrected chi connectivity index (χ1v) is 8.89. The van der Waals surface area contributed by atoms with Crippen LogP contribution in [0.4, 0.5) is 0 Å². The third-order valence-corrected chi connectivity index (χ3v) is 4.97. The van der Waals surface area contributed by atoms with Crippen molar-refractivity contribution in [3.63, 3.8) is 0 Å². The second-order valence-electron chi connectivity index (χ2n) is 6.83. The SMILES string of the molecule is CCOc1cccn2c(C(=O)CC3(CC(=O)O)CCOCC3)c(C)nc12. The van der Waals surface area contributed by atoms with Crippen molar-refractivity contribution in [2.75, 3.05) is 19.8 Å². The number of ether oxygens (including phenoxy) is 2. The molecule has 0 bridgehead atoms. The summed E-state index contributed by atoms with van der Waals surface area (Å²) in [6.07, 6.45) is 3.09. The summed E-state index contributed by atoms with van der Waals surface area (Å²) >= 11 is 0. The number of rotatable bonds is 7. The number of hydrogen-bond donors (Lipinski definition) is 1. The Labute approximate surface area is 151 Å². The average molecular weight is 360 g/mol. The van der Waals surface area contributed by atoms with Crippen molar-refractivity contribution in [3.05, 3.63) is 29.7 Å². The molecule has 0 atom stereocenters. The molecule has 0 aliphatic carbocycles. The topological polar surface area (TPSA) is 90.1 Å². The summed E-state index contributed by atoms with van der Waals surface area (Å²) in [4.78, 5) is 29.0. The van der Waals surface area contributed by atoms with Crippen molar-refractivity contribution in [2.45, 2.75) is 39.5 Å². The number of imidazole rings is 1. The minimum atomic E-state index is -0.881. The smallest absolute Gasteiger partial charge is 0.303 e. The number of fused-ring (bicyclic) bond motifs is 1. The fourth-order valence-corrected chi connectivity index (χ4v) is 3.73. The first-order chi connectivity index (χ1) is 12.5. The van der Waals surface area contributed by atoms with Gasteiger partial charge in [0.15, 0.2) is 17.2 Å². The predicted octanol–water partition coefficient (Wildman–Crippen LogP) is 2.89. The maximum absolute atomic E-state index is 13.1. The van der Waals surface area contributed by atoms with Crippen LogP contribution in [0.2, 0.25) is 0 Å². The van der Waals surface area contributed by atoms with Crippen LogP contribution in [0.3, 0.4) is 0 Å². The van der Waals surface area contributed by atoms with Gasteiger partial charge in [-0.1, -0.05) is 0 Å². The molecule has 26 heavy (non-hydrogen) atoms. The molecular weight excluding hydrogens is 336 g/mol. The number of aliphatic carboxylic acids is 1. The number of Topliss-reactive ketones (excluding diaryl/α,β-unsaturated/α-hetero) is 1. The Kier molecular flexibility index (Phi) is 5.27. The summed E-state index contributed by atoms with van der Waals surface area (Å²) in [5.74, 6) is -0.344. The molecule has 0 saturated carbocycles. The van der Waals surface area contributed by atoms with Gasteiger partial charge in [-0.3, -0.25) is 14.0 Å². The van der Waals surface area contributed by atoms with Crippen LogP contribution < -0.4 is 4.74 Å². The molecule has 2 aromatic heterocycles. The highest BCUT2D eigenvalue weighted by Gasteiger charge is 2.38. The summed E-state index contributed by atoms with van der Waals surface area (Å²) in [5.41, 5.74) is 1.17. The van der Waals surface area contributed by atoms with Gasteiger partial charge in [0.05, 0.1) is 18.7 Å². The van der Waals surface area contributed by atoms with Crippen LogP contribution in [0.1, 0.15) is 48.8 Å². The standard InChI is InChI=1S/C19H24N2O5/c1-3-26-15-5-4-8-21-17(13(2)20-18(15)21)14(22)11-19(12-16(23)24)6-9-25-10-7-19/h4-5,8H,3,6-7,9-12H2,1-2H3,(H,23,24). The van der Waals surface area contributed by atoms with E-state index in [0.29, 0.717) is 55.4 Å². The van der Waals surface area contributed by atoms with E-state index in [1.807, 2.05) is 19.1 Å². The minimum Gasteiger partial charge on any atom is -0.490 e. The molecule has 140 valence electrons. The molecule has 7 nitrogen and oxygen atoms in total. The molecule has 0 amide bonds. The monoisotopic (exact) mass is 360 g/mol. The second kappa shape index (κ2) is 7.45. The van der Waals surface area contributed by atoms with Gasteiger partial charge in [0.2, 0.25) is 0 Å². The Hall–Kier alpha value is -2.41. The van der Waals surface area contributed by atoms with Crippen LogP contribution in [0.5, 0.6) is 5.75 Å². The number of hydrogen-bond acceptors (Lipinski definition) is 5. The van der Waals surface area contributed by atoms with Gasteiger partial charge in [-0.2, -0.15) is 0 Å². The number of aryl methyl sites for hydroxylation is 1. The first kappa shape index (κ1) is 18.4. The van der Waals surface area contributed by atoms with Crippen LogP contribution in [-0.4, -0.2) is 46.1 Å². The van der Waals surface area contributed by atoms with E-state index in [4.69, 9.17) is 9.47 Å². The zero-order valence-corrected chi connectivity index (χ0v) is 15.2. The molecular formula is C19H24N2O5. The van der Waals surface area contributed by atoms with Gasteiger partial charge < -0.3 is 14.6 Å². The van der Waals surface area contributed by atoms with Crippen LogP contribution in [-0.2, 0) is 9.53 Å². The van der Waals surface area contributed by atoms with Crippen LogP contribution in [0, 0.1) is 12.3 Å². The predicted molar refractivity (Wildman–Crippen MR) is 94.8 cm³/mol. The molecule has 2 aromatic rings. The molecule has 1 saturated heterocycles. The van der Waals surface area contributed by atoms with E-state index in [2.05, 4.69) is 4.98 Å². The highest BCUT2D eigenvalue weighted by atomic mass is 16.5. The number of pyridine rings is 1. The molecule has 3 rings (SSSR count). The Bertz CT molecular complexity index is 821. The lowest BCUT2D eigenvalue weighted by Crippen LogP contribution is -2.34. The van der Waals surface area contributed by atoms with E-state index >= 15 is 0 Å². The molecule has 0 spiro atoms. The van der Waals surface area contributed by atoms with Crippen molar-refractivity contribution in [2.24, 2.45) is 5.41 Å². The number of carboxylic acids is 1. The van der Waals surface area contributed by atoms with E-state index in [1.165, 1.54) is 0 Å². The van der Waals surface area contributed by atoms with Crippen molar-refractivity contribution < 1.29 is 24.2 Å². The number of aromatic nitrogens is 2. The maximum Gasteiger partial charge on any atom is 0.303 e. The Morgan fingerprint density at radius 2 is 2.08 bits per heavy atom. The van der Waals surface area contributed by atoms with E-state index < -0.39 is 11.4 Å². The van der Waals surface area contributed by atoms with Gasteiger partial charge in [-0.25, -0.2) is 4.98 Å². The lowest BCUT2D eigenvalue weighted by molar-refractivity contribution is -0.141. The number of carboxylic acid groups (broad SMARTS) is 1. The van der Waals surface area contributed by atoms with Gasteiger partial charge in [-0.15, -0.1) is 0 Å². The Morgan fingerprint density at radius 3 is 2.73 bits per heavy atom. The Morgan fingerprint density at radius 1 is 1.35 bits per heavy atom. The molecule has 3 heterocycles. The van der Waals surface area contributed by atoms with Gasteiger partial charge >= 0.3 is 5.97 Å². The average Bonchev–Trinajstić information content (AvgIpc) is 2.92. The molecule has 1 aliphatic rings. The van der Waals surface area contributed by atoms with Crippen molar-refractivity contribution in [1.82, 2.24) is 9.38 Å². The largest absolute Gasteiger partial charge is 0.490 e. The zero-order valence-electron chi connectivity index (χ0n) is 15.2. The van der Waals surface area contributed by atoms with Crippen molar-refractivity contribution >= 4 is 17.4 Å². The zero-order chi connectivity index (χ0) is 18.7. The highest BCUT2D eigenvalue weighted by Crippen LogP contribution is 2.39. The molecule has 1 fully saturated rings. The molecule has 0 unspecified atom stereocenters. The van der Waals surface area contributed by atoms with E-state index in [0.717, 1.165) is 0 Å². The first-order valence-electron chi connectivity index (χ1n) is 8.89. The third kappa shape index (κ3) is 3.58. The van der Waals surface area contributed by atoms with E-state index in [-0.39, 0.29) is 18.6 Å². The summed E-state index contributed by atoms with van der Waals surface area (Å²) in [7, 11) is 0. The van der Waals surface area contributed by atoms with Crippen LogP contribution >= 0.6 is 0 Å². The van der Waals surface area contributed by atoms with Gasteiger partial charge in [-0.05, 0) is 44.2 Å². The fourth-order valence-electron chi connectivity index (χ4n) is 3.73. The van der Waals surface area contributed by atoms with Gasteiger partial charge in [0.25, 0.3) is 0 Å². The number of carbonyl (C=O) groups excluding carboxylic acids is 1. The number of nitrogens with zero attached hydrogens (tertiary/aromatic N) is 2. The number of ketones is 1. The van der Waals surface area contributed by atoms with Crippen molar-refractivity contribution in [3.8, 4) is 5.75 Å². The van der Waals surface area contributed by atoms with E-state index in [9.17, 15) is 14.7 Å². The summed E-state index contributed by atoms with van der Waals surface area (Å²) in [5, 5.41) is 9.31. The molecule has 0 radical (unpaired) electrons. The third-order valence-electron chi connectivity index (χ3n) is 4.97. The molecule has 0 aromatic carbocycles. The molecule has 1 N–H and O–H groups in total. The minimum absolute atomic E-state index is 0.0257. The van der Waals surface area contributed by atoms with Crippen LogP contribution in [0.15, 0.2) is 18.3 Å². The number of carbonyl (C=O) groups is 2. The quantitative estimate of drug-likeness (QED) is 0.764. The van der Waals surface area contributed by atoms with Crippen molar-refractivity contribution in [1.29, 1.82) is 0 Å². The van der Waals surface area contributed by atoms with E-state index in [1.54, 1.807) is 17.5 Å². The fraction of sp³-hybridized carbons (Fsp3) is 0.526. The molecule has 7 heteroatoms. The lowest BCUT2D eigenvalue weighted by atomic mass is 9.73. The summed E-state index contributed by atoms with van der Waals surface area (Å²) in [6, 6.07) is 3.64. The maximum atomic E-state index is 13.1. The Balaban J connectivity index is 1.95. The van der Waals surface area contributed by atoms with Gasteiger partial charge in [0.1, 0.15) is 5.69 Å². The summed E-state index contributed by atoms with van der Waals surface area (Å²) < 4.78 is 12.7. The summed E-state index contributed by atoms with van der Waals surface area (Å²) in [6.45, 7) is 5.18. The highest BCUT2D eigenvalue weighted by molar-refractivity contribution is 5.97. The lowest BCUT2D eigenvalue weighted by Gasteiger charge is -2.35. The second-order valence-corrected chi connectivity index (χ2v) is 6.83. The normalized spacial score (nSPS) is 16.5. The van der Waals surface area contributed by atoms with Gasteiger partial charge in [0, 0.05) is 25.8 Å².